The highest BCUT2D eigenvalue weighted by molar-refractivity contribution is 6.74. The first kappa shape index (κ1) is 22.1. The Morgan fingerprint density at radius 2 is 2.03 bits per heavy atom. The number of imidazole rings is 1. The van der Waals surface area contributed by atoms with E-state index in [1.165, 1.54) is 0 Å². The van der Waals surface area contributed by atoms with E-state index in [0.717, 1.165) is 30.3 Å². The molecule has 0 aliphatic rings. The van der Waals surface area contributed by atoms with Crippen LogP contribution >= 0.6 is 0 Å². The zero-order valence-electron chi connectivity index (χ0n) is 18.4. The molecule has 1 amide bonds. The van der Waals surface area contributed by atoms with Crippen molar-refractivity contribution in [1.29, 1.82) is 0 Å². The van der Waals surface area contributed by atoms with Gasteiger partial charge in [-0.2, -0.15) is 0 Å². The number of aromatic hydroxyl groups is 1. The smallest absolute Gasteiger partial charge is 0.268 e. The molecule has 3 rings (SSSR count). The molecule has 0 saturated carbocycles. The summed E-state index contributed by atoms with van der Waals surface area (Å²) >= 11 is 0. The van der Waals surface area contributed by atoms with Crippen LogP contribution < -0.4 is 5.73 Å². The predicted octanol–water partition coefficient (Wildman–Crippen LogP) is 4.64. The van der Waals surface area contributed by atoms with Gasteiger partial charge < -0.3 is 24.4 Å². The van der Waals surface area contributed by atoms with Crippen molar-refractivity contribution < 1.29 is 14.3 Å². The molecule has 0 fully saturated rings. The predicted molar refractivity (Wildman–Crippen MR) is 121 cm³/mol. The van der Waals surface area contributed by atoms with Gasteiger partial charge in [-0.1, -0.05) is 20.8 Å². The summed E-state index contributed by atoms with van der Waals surface area (Å²) in [7, 11) is -2.03. The van der Waals surface area contributed by atoms with Crippen LogP contribution in [0, 0.1) is 0 Å². The number of nitrogens with zero attached hydrogens (tertiary/aromatic N) is 3. The molecule has 0 aliphatic heterocycles. The summed E-state index contributed by atoms with van der Waals surface area (Å²) < 4.78 is 10.7. The Hall–Kier alpha value is -2.58. The van der Waals surface area contributed by atoms with Gasteiger partial charge in [0.1, 0.15) is 17.7 Å². The van der Waals surface area contributed by atoms with Gasteiger partial charge in [0.25, 0.3) is 5.91 Å². The summed E-state index contributed by atoms with van der Waals surface area (Å²) in [6.45, 7) is 11.9. The summed E-state index contributed by atoms with van der Waals surface area (Å²) in [6, 6.07) is 7.42. The lowest BCUT2D eigenvalue weighted by Gasteiger charge is -2.39. The van der Waals surface area contributed by atoms with Crippen LogP contribution in [0.4, 0.5) is 0 Å². The summed E-state index contributed by atoms with van der Waals surface area (Å²) in [6.07, 6.45) is 6.79. The van der Waals surface area contributed by atoms with Gasteiger partial charge >= 0.3 is 0 Å². The molecule has 0 saturated heterocycles. The van der Waals surface area contributed by atoms with Crippen LogP contribution in [0.5, 0.6) is 5.75 Å². The van der Waals surface area contributed by atoms with E-state index >= 15 is 0 Å². The van der Waals surface area contributed by atoms with Gasteiger partial charge in [0.2, 0.25) is 0 Å². The Labute approximate surface area is 178 Å². The maximum atomic E-state index is 11.5. The second-order valence-corrected chi connectivity index (χ2v) is 14.1. The molecule has 0 radical (unpaired) electrons. The maximum absolute atomic E-state index is 11.5. The standard InChI is InChI=1S/C22H32N4O3Si/c1-22(2,3)30(4,5)29-20(26-14-18(21(23)28)24-15-26)7-6-11-25-12-10-16-13-17(27)8-9-19(16)25/h8-10,12-15,20,27H,6-7,11H2,1-5H3,(H2,23,28)/t20-/m1/s1. The zero-order valence-corrected chi connectivity index (χ0v) is 19.4. The van der Waals surface area contributed by atoms with Crippen molar-refractivity contribution in [2.24, 2.45) is 5.73 Å². The monoisotopic (exact) mass is 428 g/mol. The first-order valence-electron chi connectivity index (χ1n) is 10.3. The largest absolute Gasteiger partial charge is 0.508 e. The molecule has 0 bridgehead atoms. The minimum absolute atomic E-state index is 0.0664. The molecule has 30 heavy (non-hydrogen) atoms. The van der Waals surface area contributed by atoms with E-state index in [4.69, 9.17) is 10.2 Å². The van der Waals surface area contributed by atoms with Gasteiger partial charge in [-0.15, -0.1) is 0 Å². The van der Waals surface area contributed by atoms with E-state index in [9.17, 15) is 9.90 Å². The highest BCUT2D eigenvalue weighted by Crippen LogP contribution is 2.39. The van der Waals surface area contributed by atoms with Crippen LogP contribution in [0.15, 0.2) is 43.0 Å². The summed E-state index contributed by atoms with van der Waals surface area (Å²) in [4.78, 5) is 15.6. The molecule has 0 aliphatic carbocycles. The van der Waals surface area contributed by atoms with Gasteiger partial charge in [0.05, 0.1) is 6.33 Å². The number of hydrogen-bond donors (Lipinski definition) is 2. The average Bonchev–Trinajstić information content (AvgIpc) is 3.27. The minimum atomic E-state index is -2.03. The molecular weight excluding hydrogens is 396 g/mol. The highest BCUT2D eigenvalue weighted by atomic mass is 28.4. The number of carbonyl (C=O) groups excluding carboxylic acids is 1. The lowest BCUT2D eigenvalue weighted by atomic mass is 10.2. The number of carbonyl (C=O) groups is 1. The van der Waals surface area contributed by atoms with Crippen LogP contribution in [0.25, 0.3) is 10.9 Å². The summed E-state index contributed by atoms with van der Waals surface area (Å²) in [5, 5.41) is 10.8. The quantitative estimate of drug-likeness (QED) is 0.511. The van der Waals surface area contributed by atoms with Crippen LogP contribution in [-0.4, -0.2) is 33.4 Å². The molecule has 0 spiro atoms. The zero-order chi connectivity index (χ0) is 22.1. The van der Waals surface area contributed by atoms with E-state index in [0.29, 0.717) is 0 Å². The van der Waals surface area contributed by atoms with Gasteiger partial charge in [-0.05, 0) is 55.2 Å². The Morgan fingerprint density at radius 3 is 2.67 bits per heavy atom. The Kier molecular flexibility index (Phi) is 6.10. The van der Waals surface area contributed by atoms with Crippen molar-refractivity contribution in [3.8, 4) is 5.75 Å². The molecule has 2 heterocycles. The Morgan fingerprint density at radius 1 is 1.30 bits per heavy atom. The fourth-order valence-electron chi connectivity index (χ4n) is 3.23. The number of nitrogens with two attached hydrogens (primary N) is 1. The van der Waals surface area contributed by atoms with Crippen molar-refractivity contribution >= 4 is 25.1 Å². The molecule has 1 aromatic carbocycles. The number of aromatic nitrogens is 3. The van der Waals surface area contributed by atoms with E-state index in [-0.39, 0.29) is 22.7 Å². The number of fused-ring (bicyclic) bond motifs is 1. The van der Waals surface area contributed by atoms with Crippen LogP contribution in [0.1, 0.15) is 50.3 Å². The number of amides is 1. The topological polar surface area (TPSA) is 95.3 Å². The van der Waals surface area contributed by atoms with Gasteiger partial charge in [0.15, 0.2) is 8.32 Å². The number of benzene rings is 1. The third-order valence-corrected chi connectivity index (χ3v) is 10.5. The second kappa shape index (κ2) is 8.27. The first-order valence-corrected chi connectivity index (χ1v) is 13.2. The molecule has 1 atom stereocenters. The average molecular weight is 429 g/mol. The molecule has 3 aromatic rings. The minimum Gasteiger partial charge on any atom is -0.508 e. The Balaban J connectivity index is 1.76. The highest BCUT2D eigenvalue weighted by Gasteiger charge is 2.39. The van der Waals surface area contributed by atoms with Crippen LogP contribution in [0.2, 0.25) is 18.1 Å². The van der Waals surface area contributed by atoms with E-state index in [1.807, 2.05) is 22.9 Å². The first-order chi connectivity index (χ1) is 14.0. The van der Waals surface area contributed by atoms with Crippen molar-refractivity contribution in [3.63, 3.8) is 0 Å². The number of hydrogen-bond acceptors (Lipinski definition) is 4. The third kappa shape index (κ3) is 4.76. The fraction of sp³-hybridized carbons (Fsp3) is 0.455. The lowest BCUT2D eigenvalue weighted by Crippen LogP contribution is -2.42. The molecule has 7 nitrogen and oxygen atoms in total. The molecule has 162 valence electrons. The van der Waals surface area contributed by atoms with Crippen molar-refractivity contribution in [2.75, 3.05) is 0 Å². The van der Waals surface area contributed by atoms with E-state index in [2.05, 4.69) is 43.4 Å². The summed E-state index contributed by atoms with van der Waals surface area (Å²) in [5.74, 6) is -0.268. The van der Waals surface area contributed by atoms with Gasteiger partial charge in [-0.25, -0.2) is 4.98 Å². The SMILES string of the molecule is CC(C)(C)[Si](C)(C)O[C@H](CCCn1ccc2cc(O)ccc21)n1cnc(C(N)=O)c1. The number of phenolic OH excluding ortho intramolecular Hbond substituents is 1. The number of aryl methyl sites for hydroxylation is 1. The lowest BCUT2D eigenvalue weighted by molar-refractivity contribution is 0.0984. The van der Waals surface area contributed by atoms with E-state index < -0.39 is 14.2 Å². The second-order valence-electron chi connectivity index (χ2n) is 9.30. The van der Waals surface area contributed by atoms with Gasteiger partial charge in [-0.3, -0.25) is 4.79 Å². The van der Waals surface area contributed by atoms with Crippen molar-refractivity contribution in [2.45, 2.75) is 64.5 Å². The van der Waals surface area contributed by atoms with E-state index in [1.54, 1.807) is 24.7 Å². The molecule has 0 unspecified atom stereocenters. The maximum Gasteiger partial charge on any atom is 0.268 e. The molecule has 8 heteroatoms. The van der Waals surface area contributed by atoms with Gasteiger partial charge in [0, 0.05) is 29.8 Å². The molecular formula is C22H32N4O3Si. The third-order valence-electron chi connectivity index (χ3n) is 6.03. The normalized spacial score (nSPS) is 13.6. The van der Waals surface area contributed by atoms with Crippen molar-refractivity contribution in [1.82, 2.24) is 14.1 Å². The fourth-order valence-corrected chi connectivity index (χ4v) is 4.50. The Bertz CT molecular complexity index is 1030. The number of primary amides is 1. The summed E-state index contributed by atoms with van der Waals surface area (Å²) in [5.41, 5.74) is 6.72. The number of phenols is 1. The van der Waals surface area contributed by atoms with Crippen molar-refractivity contribution in [3.05, 3.63) is 48.7 Å². The molecule has 2 aromatic heterocycles. The molecule has 3 N–H and O–H groups in total. The van der Waals surface area contributed by atoms with Crippen LogP contribution in [-0.2, 0) is 11.0 Å². The van der Waals surface area contributed by atoms with Crippen LogP contribution in [0.3, 0.4) is 0 Å². The number of rotatable bonds is 8.